The molecule has 1 N–H and O–H groups in total. The predicted octanol–water partition coefficient (Wildman–Crippen LogP) is 2.97. The molecule has 0 unspecified atom stereocenters. The summed E-state index contributed by atoms with van der Waals surface area (Å²) in [5.41, 5.74) is 2.15. The van der Waals surface area contributed by atoms with Gasteiger partial charge in [0, 0.05) is 31.0 Å². The molecule has 6 nitrogen and oxygen atoms in total. The van der Waals surface area contributed by atoms with E-state index >= 15 is 0 Å². The minimum atomic E-state index is -0.0845. The second kappa shape index (κ2) is 7.09. The summed E-state index contributed by atoms with van der Waals surface area (Å²) in [5.74, 6) is 0.0427. The molecule has 2 amide bonds. The topological polar surface area (TPSA) is 75.2 Å². The Hall–Kier alpha value is -2.28. The zero-order valence-electron chi connectivity index (χ0n) is 13.8. The van der Waals surface area contributed by atoms with Gasteiger partial charge < -0.3 is 10.2 Å². The highest BCUT2D eigenvalue weighted by Crippen LogP contribution is 2.35. The van der Waals surface area contributed by atoms with Gasteiger partial charge in [0.05, 0.1) is 0 Å². The molecular weight excluding hydrogens is 324 g/mol. The molecule has 126 valence electrons. The van der Waals surface area contributed by atoms with Gasteiger partial charge in [-0.1, -0.05) is 43.4 Å². The van der Waals surface area contributed by atoms with E-state index in [0.717, 1.165) is 17.1 Å². The summed E-state index contributed by atoms with van der Waals surface area (Å²) in [6, 6.07) is 8.00. The first kappa shape index (κ1) is 16.6. The third kappa shape index (κ3) is 3.31. The number of aromatic nitrogens is 2. The van der Waals surface area contributed by atoms with Gasteiger partial charge in [-0.2, -0.15) is 0 Å². The average Bonchev–Trinajstić information content (AvgIpc) is 3.21. The Labute approximate surface area is 144 Å². The molecule has 2 aromatic rings. The summed E-state index contributed by atoms with van der Waals surface area (Å²) < 4.78 is 0. The third-order valence-corrected chi connectivity index (χ3v) is 5.15. The van der Waals surface area contributed by atoms with E-state index in [1.165, 1.54) is 16.9 Å². The van der Waals surface area contributed by atoms with Crippen molar-refractivity contribution in [1.82, 2.24) is 10.2 Å². The number of benzene rings is 1. The van der Waals surface area contributed by atoms with E-state index < -0.39 is 0 Å². The molecule has 7 heteroatoms. The van der Waals surface area contributed by atoms with Gasteiger partial charge in [-0.3, -0.25) is 9.59 Å². The highest BCUT2D eigenvalue weighted by Gasteiger charge is 2.34. The molecule has 1 saturated heterocycles. The molecule has 1 aromatic carbocycles. The maximum absolute atomic E-state index is 12.5. The number of nitrogens with zero attached hydrogens (tertiary/aromatic N) is 3. The molecule has 1 aromatic heterocycles. The Morgan fingerprint density at radius 3 is 2.88 bits per heavy atom. The monoisotopic (exact) mass is 344 g/mol. The Morgan fingerprint density at radius 1 is 1.33 bits per heavy atom. The molecule has 24 heavy (non-hydrogen) atoms. The Balaban J connectivity index is 1.76. The van der Waals surface area contributed by atoms with E-state index in [-0.39, 0.29) is 17.7 Å². The normalized spacial score (nSPS) is 17.3. The number of rotatable bonds is 5. The van der Waals surface area contributed by atoms with E-state index in [1.807, 2.05) is 23.1 Å². The fraction of sp³-hybridized carbons (Fsp3) is 0.412. The van der Waals surface area contributed by atoms with Gasteiger partial charge in [-0.15, -0.1) is 10.2 Å². The van der Waals surface area contributed by atoms with Crippen LogP contribution < -0.4 is 10.2 Å². The molecule has 0 saturated carbocycles. The molecule has 0 bridgehead atoms. The van der Waals surface area contributed by atoms with Gasteiger partial charge in [-0.25, -0.2) is 0 Å². The van der Waals surface area contributed by atoms with Gasteiger partial charge in [0.25, 0.3) is 0 Å². The lowest BCUT2D eigenvalue weighted by Crippen LogP contribution is -2.25. The second-order valence-corrected chi connectivity index (χ2v) is 6.74. The molecular formula is C17H20N4O2S. The van der Waals surface area contributed by atoms with Crippen LogP contribution in [-0.2, 0) is 16.0 Å². The SMILES string of the molecule is CCC(=O)Nc1nnc([C@H]2CC(=O)N(c3ccccc3CC)C2)s1. The highest BCUT2D eigenvalue weighted by molar-refractivity contribution is 7.15. The highest BCUT2D eigenvalue weighted by atomic mass is 32.1. The smallest absolute Gasteiger partial charge is 0.227 e. The summed E-state index contributed by atoms with van der Waals surface area (Å²) in [5, 5.41) is 12.2. The summed E-state index contributed by atoms with van der Waals surface area (Å²) >= 11 is 1.35. The fourth-order valence-electron chi connectivity index (χ4n) is 2.84. The van der Waals surface area contributed by atoms with Crippen LogP contribution in [-0.4, -0.2) is 28.6 Å². The number of hydrogen-bond acceptors (Lipinski definition) is 5. The molecule has 1 fully saturated rings. The fourth-order valence-corrected chi connectivity index (χ4v) is 3.69. The first-order valence-corrected chi connectivity index (χ1v) is 8.95. The van der Waals surface area contributed by atoms with Crippen LogP contribution in [0.3, 0.4) is 0 Å². The van der Waals surface area contributed by atoms with Crippen molar-refractivity contribution in [3.63, 3.8) is 0 Å². The molecule has 1 aliphatic rings. The largest absolute Gasteiger partial charge is 0.311 e. The van der Waals surface area contributed by atoms with Gasteiger partial charge in [0.1, 0.15) is 5.01 Å². The van der Waals surface area contributed by atoms with Crippen LogP contribution in [0.1, 0.15) is 43.2 Å². The van der Waals surface area contributed by atoms with Crippen molar-refractivity contribution in [1.29, 1.82) is 0 Å². The summed E-state index contributed by atoms with van der Waals surface area (Å²) in [6.45, 7) is 4.48. The summed E-state index contributed by atoms with van der Waals surface area (Å²) in [6.07, 6.45) is 1.71. The number of carbonyl (C=O) groups excluding carboxylic acids is 2. The summed E-state index contributed by atoms with van der Waals surface area (Å²) in [7, 11) is 0. The molecule has 2 heterocycles. The number of nitrogens with one attached hydrogen (secondary N) is 1. The summed E-state index contributed by atoms with van der Waals surface area (Å²) in [4.78, 5) is 25.7. The van der Waals surface area contributed by atoms with Crippen LogP contribution in [0.25, 0.3) is 0 Å². The minimum Gasteiger partial charge on any atom is -0.311 e. The van der Waals surface area contributed by atoms with Crippen LogP contribution in [0.2, 0.25) is 0 Å². The van der Waals surface area contributed by atoms with E-state index in [4.69, 9.17) is 0 Å². The number of para-hydroxylation sites is 1. The van der Waals surface area contributed by atoms with Crippen molar-refractivity contribution >= 4 is 34.0 Å². The third-order valence-electron chi connectivity index (χ3n) is 4.15. The number of hydrogen-bond donors (Lipinski definition) is 1. The molecule has 0 spiro atoms. The van der Waals surface area contributed by atoms with Crippen LogP contribution in [0.15, 0.2) is 24.3 Å². The molecule has 3 rings (SSSR count). The lowest BCUT2D eigenvalue weighted by atomic mass is 10.1. The zero-order chi connectivity index (χ0) is 17.1. The molecule has 0 aliphatic carbocycles. The van der Waals surface area contributed by atoms with Crippen molar-refractivity contribution in [2.45, 2.75) is 39.0 Å². The number of amides is 2. The maximum atomic E-state index is 12.5. The molecule has 0 radical (unpaired) electrons. The Bertz CT molecular complexity index is 759. The zero-order valence-corrected chi connectivity index (χ0v) is 14.6. The Kier molecular flexibility index (Phi) is 4.89. The van der Waals surface area contributed by atoms with E-state index in [0.29, 0.717) is 24.5 Å². The van der Waals surface area contributed by atoms with Gasteiger partial charge in [-0.05, 0) is 18.1 Å². The van der Waals surface area contributed by atoms with E-state index in [9.17, 15) is 9.59 Å². The van der Waals surface area contributed by atoms with Crippen LogP contribution >= 0.6 is 11.3 Å². The second-order valence-electron chi connectivity index (χ2n) is 5.73. The van der Waals surface area contributed by atoms with Crippen LogP contribution in [0.4, 0.5) is 10.8 Å². The van der Waals surface area contributed by atoms with E-state index in [2.05, 4.69) is 28.5 Å². The van der Waals surface area contributed by atoms with E-state index in [1.54, 1.807) is 6.92 Å². The average molecular weight is 344 g/mol. The van der Waals surface area contributed by atoms with Crippen LogP contribution in [0.5, 0.6) is 0 Å². The van der Waals surface area contributed by atoms with Gasteiger partial charge >= 0.3 is 0 Å². The van der Waals surface area contributed by atoms with Crippen molar-refractivity contribution < 1.29 is 9.59 Å². The first-order valence-electron chi connectivity index (χ1n) is 8.13. The number of carbonyl (C=O) groups is 2. The lowest BCUT2D eigenvalue weighted by Gasteiger charge is -2.19. The van der Waals surface area contributed by atoms with Gasteiger partial charge in [0.2, 0.25) is 16.9 Å². The Morgan fingerprint density at radius 2 is 2.12 bits per heavy atom. The van der Waals surface area contributed by atoms with Crippen LogP contribution in [0, 0.1) is 0 Å². The number of anilines is 2. The van der Waals surface area contributed by atoms with Crippen molar-refractivity contribution in [3.05, 3.63) is 34.8 Å². The van der Waals surface area contributed by atoms with Crippen molar-refractivity contribution in [2.24, 2.45) is 0 Å². The molecule has 1 atom stereocenters. The van der Waals surface area contributed by atoms with Crippen molar-refractivity contribution in [3.8, 4) is 0 Å². The minimum absolute atomic E-state index is 0.0205. The first-order chi connectivity index (χ1) is 11.6. The molecule has 1 aliphatic heterocycles. The predicted molar refractivity (Wildman–Crippen MR) is 94.4 cm³/mol. The lowest BCUT2D eigenvalue weighted by molar-refractivity contribution is -0.117. The van der Waals surface area contributed by atoms with Crippen molar-refractivity contribution in [2.75, 3.05) is 16.8 Å². The number of aryl methyl sites for hydroxylation is 1. The quantitative estimate of drug-likeness (QED) is 0.905. The standard InChI is InChI=1S/C17H20N4O2S/c1-3-11-7-5-6-8-13(11)21-10-12(9-15(21)23)16-19-20-17(24-16)18-14(22)4-2/h5-8,12H,3-4,9-10H2,1-2H3,(H,18,20,22)/t12-/m0/s1. The van der Waals surface area contributed by atoms with Gasteiger partial charge in [0.15, 0.2) is 0 Å². The maximum Gasteiger partial charge on any atom is 0.227 e.